The zero-order valence-electron chi connectivity index (χ0n) is 45.8. The molecule has 1 aromatic heterocycles. The van der Waals surface area contributed by atoms with E-state index in [2.05, 4.69) is 52.4 Å². The Morgan fingerprint density at radius 1 is 0.679 bits per heavy atom. The molecule has 1 saturated heterocycles. The molecule has 458 valence electrons. The number of unbranched alkanes of at least 4 members (excludes halogenated alkanes) is 1. The number of carbonyl (C=O) groups is 10. The Kier molecular flexibility index (Phi) is 26.7. The Labute approximate surface area is 476 Å². The Morgan fingerprint density at radius 3 is 1.86 bits per heavy atom. The maximum absolute atomic E-state index is 13.2. The van der Waals surface area contributed by atoms with Gasteiger partial charge in [-0.25, -0.2) is 29.8 Å². The number of carbonyl (C=O) groups excluding carboxylic acids is 5. The minimum absolute atomic E-state index is 0.00134. The zero-order chi connectivity index (χ0) is 62.0. The van der Waals surface area contributed by atoms with Crippen molar-refractivity contribution in [2.24, 2.45) is 22.5 Å². The Hall–Kier alpha value is -9.42. The normalized spacial score (nSPS) is 15.3. The molecule has 12 N–H and O–H groups in total. The largest absolute Gasteiger partial charge is 0.481 e. The molecule has 3 unspecified atom stereocenters. The van der Waals surface area contributed by atoms with Gasteiger partial charge in [0, 0.05) is 105 Å². The molecule has 1 aliphatic heterocycles. The summed E-state index contributed by atoms with van der Waals surface area (Å²) in [4.78, 5) is 181. The number of imidazole rings is 1. The quantitative estimate of drug-likeness (QED) is 0.00666. The maximum atomic E-state index is 13.2. The van der Waals surface area contributed by atoms with Gasteiger partial charge < -0.3 is 66.8 Å². The van der Waals surface area contributed by atoms with Crippen molar-refractivity contribution in [1.29, 1.82) is 0 Å². The standard InChI is InChI=1S/C48H67N17O19/c1-60-26-52-38(43(60)57-59-61(2)27-67)44(77)58-53-12-11-50-34-35(40(74)39(34)73)51-13-14-62-15-16-63(23-24-66)19-21-65(22-20-64(18-17-62)25-33(71)72)30(47(82)83)7-8-31(68)56-37-36(41(75)42(37)76)49-10-4-3-5-28(45(78)79)54-48(84)55-29(46(80)81)6-9-32(69)70/h12,24,26-30,49-51H,3-11,13-23,25H2,1-2H3,(H,56,68)(H,58,77)(H,69,70)(H,71,72)(H,78,79)(H,80,81)(H,82,83)(H2,54,55,84)/b53-12+,59-57?. The maximum Gasteiger partial charge on any atom is 0.326 e. The second kappa shape index (κ2) is 33.5. The molecule has 0 radical (unpaired) electrons. The van der Waals surface area contributed by atoms with Crippen LogP contribution in [-0.4, -0.2) is 243 Å². The van der Waals surface area contributed by atoms with Crippen molar-refractivity contribution in [1.82, 2.24) is 50.2 Å². The van der Waals surface area contributed by atoms with Crippen LogP contribution < -0.4 is 59.0 Å². The first kappa shape index (κ1) is 67.1. The van der Waals surface area contributed by atoms with Crippen LogP contribution in [-0.2, 0) is 45.4 Å². The molecule has 1 fully saturated rings. The summed E-state index contributed by atoms with van der Waals surface area (Å²) >= 11 is 0. The number of anilines is 4. The molecule has 5 amide bonds. The third kappa shape index (κ3) is 20.8. The van der Waals surface area contributed by atoms with Gasteiger partial charge in [0.2, 0.25) is 12.3 Å². The summed E-state index contributed by atoms with van der Waals surface area (Å²) in [6, 6.07) is -5.58. The fraction of sp³-hybridized carbons (Fsp3) is 0.542. The van der Waals surface area contributed by atoms with Crippen LogP contribution in [0.4, 0.5) is 33.4 Å². The first-order valence-corrected chi connectivity index (χ1v) is 26.1. The predicted octanol–water partition coefficient (Wildman–Crippen LogP) is -4.03. The molecular formula is C48H67N17O19. The summed E-state index contributed by atoms with van der Waals surface area (Å²) in [6.45, 7) is 1.17. The van der Waals surface area contributed by atoms with Crippen molar-refractivity contribution in [3.63, 3.8) is 0 Å². The summed E-state index contributed by atoms with van der Waals surface area (Å²) in [6.07, 6.45) is 1.93. The second-order valence-corrected chi connectivity index (χ2v) is 19.0. The number of nitrogens with zero attached hydrogens (tertiary/aromatic N) is 10. The van der Waals surface area contributed by atoms with E-state index in [1.165, 1.54) is 24.2 Å². The molecule has 3 aromatic rings. The summed E-state index contributed by atoms with van der Waals surface area (Å²) < 4.78 is 1.39. The molecule has 1 aliphatic rings. The van der Waals surface area contributed by atoms with E-state index in [4.69, 9.17) is 5.11 Å². The summed E-state index contributed by atoms with van der Waals surface area (Å²) in [5, 5.41) is 75.0. The van der Waals surface area contributed by atoms with E-state index in [0.717, 1.165) is 5.01 Å². The van der Waals surface area contributed by atoms with E-state index in [-0.39, 0.29) is 138 Å². The van der Waals surface area contributed by atoms with E-state index >= 15 is 0 Å². The van der Waals surface area contributed by atoms with Crippen LogP contribution in [0.2, 0.25) is 0 Å². The number of urea groups is 1. The lowest BCUT2D eigenvalue weighted by molar-refractivity contribution is -0.145. The van der Waals surface area contributed by atoms with Crippen molar-refractivity contribution < 1.29 is 73.5 Å². The van der Waals surface area contributed by atoms with Crippen molar-refractivity contribution in [3.8, 4) is 0 Å². The van der Waals surface area contributed by atoms with Crippen LogP contribution in [0.1, 0.15) is 55.4 Å². The van der Waals surface area contributed by atoms with Crippen LogP contribution in [0, 0.1) is 0 Å². The summed E-state index contributed by atoms with van der Waals surface area (Å²) in [7, 11) is 2.89. The number of hydrogen-bond acceptors (Lipinski definition) is 25. The number of hydrazone groups is 1. The van der Waals surface area contributed by atoms with Crippen molar-refractivity contribution in [3.05, 3.63) is 52.9 Å². The third-order valence-electron chi connectivity index (χ3n) is 13.0. The average Bonchev–Trinajstić information content (AvgIpc) is 3.80. The SMILES string of the molecule is CN(C=O)N=Nc1c(C(=O)N/N=C/CNc2c(NCCN3CCN(CC=O)CCN(C(CCC(=O)Nc4c(NCCCCC(NC(=O)NC(CCC(=O)O)C(=O)O)C(=O)O)c(=O)c4=O)C(=O)O)CCN(CC(=O)O)CC3)c(=O)c2=O)ncn1C. The summed E-state index contributed by atoms with van der Waals surface area (Å²) in [5.41, 5.74) is -2.08. The molecule has 3 atom stereocenters. The van der Waals surface area contributed by atoms with Crippen LogP contribution in [0.15, 0.2) is 40.9 Å². The minimum Gasteiger partial charge on any atom is -0.481 e. The molecule has 0 spiro atoms. The number of aromatic nitrogens is 2. The molecule has 0 bridgehead atoms. The number of aryl methyl sites for hydroxylation is 1. The highest BCUT2D eigenvalue weighted by atomic mass is 16.4. The lowest BCUT2D eigenvalue weighted by atomic mass is 10.1. The minimum atomic E-state index is -1.60. The van der Waals surface area contributed by atoms with Gasteiger partial charge in [0.25, 0.3) is 27.6 Å². The van der Waals surface area contributed by atoms with Crippen LogP contribution in [0.25, 0.3) is 0 Å². The van der Waals surface area contributed by atoms with Gasteiger partial charge in [-0.1, -0.05) is 5.22 Å². The first-order valence-electron chi connectivity index (χ1n) is 26.1. The van der Waals surface area contributed by atoms with Gasteiger partial charge in [0.1, 0.15) is 47.2 Å². The predicted molar refractivity (Wildman–Crippen MR) is 295 cm³/mol. The zero-order valence-corrected chi connectivity index (χ0v) is 45.8. The molecule has 0 aliphatic carbocycles. The Balaban J connectivity index is 1.30. The molecule has 36 nitrogen and oxygen atoms in total. The second-order valence-electron chi connectivity index (χ2n) is 19.0. The number of amides is 5. The van der Waals surface area contributed by atoms with Crippen LogP contribution in [0.3, 0.4) is 0 Å². The van der Waals surface area contributed by atoms with Gasteiger partial charge in [-0.3, -0.25) is 67.5 Å². The number of aldehydes is 1. The highest BCUT2D eigenvalue weighted by Gasteiger charge is 2.31. The van der Waals surface area contributed by atoms with Crippen molar-refractivity contribution >= 4 is 95.2 Å². The summed E-state index contributed by atoms with van der Waals surface area (Å²) in [5.74, 6) is -8.31. The lowest BCUT2D eigenvalue weighted by Gasteiger charge is -2.35. The van der Waals surface area contributed by atoms with E-state index in [0.29, 0.717) is 19.2 Å². The molecule has 4 rings (SSSR count). The fourth-order valence-corrected chi connectivity index (χ4v) is 8.42. The van der Waals surface area contributed by atoms with E-state index in [1.807, 2.05) is 10.2 Å². The van der Waals surface area contributed by atoms with E-state index in [9.17, 15) is 87.5 Å². The van der Waals surface area contributed by atoms with Gasteiger partial charge in [-0.2, -0.15) is 5.10 Å². The molecule has 36 heteroatoms. The number of carboxylic acids is 5. The van der Waals surface area contributed by atoms with Gasteiger partial charge in [0.05, 0.1) is 26.0 Å². The number of nitrogens with one attached hydrogen (secondary N) is 7. The number of hydrogen-bond donors (Lipinski definition) is 12. The first-order chi connectivity index (χ1) is 39.9. The van der Waals surface area contributed by atoms with E-state index in [1.54, 1.807) is 21.7 Å². The van der Waals surface area contributed by atoms with Gasteiger partial charge >= 0.3 is 35.9 Å². The number of aliphatic carboxylic acids is 5. The van der Waals surface area contributed by atoms with Crippen molar-refractivity contribution in [2.75, 3.05) is 120 Å². The van der Waals surface area contributed by atoms with Gasteiger partial charge in [-0.15, -0.1) is 5.11 Å². The molecule has 0 saturated carbocycles. The lowest BCUT2D eigenvalue weighted by Crippen LogP contribution is -2.51. The Bertz CT molecular complexity index is 3040. The average molecular weight is 1190 g/mol. The van der Waals surface area contributed by atoms with Crippen LogP contribution >= 0.6 is 0 Å². The number of rotatable bonds is 35. The fourth-order valence-electron chi connectivity index (χ4n) is 8.42. The van der Waals surface area contributed by atoms with E-state index < -0.39 is 113 Å². The van der Waals surface area contributed by atoms with Gasteiger partial charge in [-0.05, 0) is 32.1 Å². The van der Waals surface area contributed by atoms with Crippen LogP contribution in [0.5, 0.6) is 0 Å². The molecule has 2 aromatic carbocycles. The topological polar surface area (TPSA) is 495 Å². The molecule has 84 heavy (non-hydrogen) atoms. The highest BCUT2D eigenvalue weighted by Crippen LogP contribution is 2.19. The third-order valence-corrected chi connectivity index (χ3v) is 13.0. The Morgan fingerprint density at radius 2 is 1.25 bits per heavy atom. The van der Waals surface area contributed by atoms with Gasteiger partial charge in [0.15, 0.2) is 11.5 Å². The molecule has 2 heterocycles. The monoisotopic (exact) mass is 1190 g/mol. The highest BCUT2D eigenvalue weighted by molar-refractivity contribution is 5.97. The number of carboxylic acid groups (broad SMARTS) is 5. The smallest absolute Gasteiger partial charge is 0.326 e. The molecular weight excluding hydrogens is 1120 g/mol. The van der Waals surface area contributed by atoms with Crippen molar-refractivity contribution in [2.45, 2.75) is 63.1 Å².